The largest absolute Gasteiger partial charge is 0.493 e. The third-order valence-electron chi connectivity index (χ3n) is 4.22. The maximum Gasteiger partial charge on any atom is 0.343 e. The van der Waals surface area contributed by atoms with E-state index in [1.165, 1.54) is 11.5 Å². The second-order valence-corrected chi connectivity index (χ2v) is 6.78. The number of nitrogens with one attached hydrogen (secondary N) is 2. The quantitative estimate of drug-likeness (QED) is 0.781. The number of ether oxygens (including phenoxy) is 2. The van der Waals surface area contributed by atoms with Crippen molar-refractivity contribution < 1.29 is 19.1 Å². The maximum atomic E-state index is 12.5. The first-order chi connectivity index (χ1) is 12.5. The van der Waals surface area contributed by atoms with E-state index in [1.807, 2.05) is 24.3 Å². The molecule has 1 aliphatic rings. The van der Waals surface area contributed by atoms with Gasteiger partial charge in [-0.05, 0) is 31.4 Å². The summed E-state index contributed by atoms with van der Waals surface area (Å²) in [4.78, 5) is 24.9. The van der Waals surface area contributed by atoms with Gasteiger partial charge < -0.3 is 20.1 Å². The number of carbonyl (C=O) groups is 2. The van der Waals surface area contributed by atoms with Crippen molar-refractivity contribution in [3.05, 3.63) is 41.1 Å². The van der Waals surface area contributed by atoms with Crippen LogP contribution >= 0.6 is 11.5 Å². The molecular formula is C18H21N3O4S. The van der Waals surface area contributed by atoms with Gasteiger partial charge in [-0.1, -0.05) is 18.2 Å². The highest BCUT2D eigenvalue weighted by atomic mass is 32.1. The molecule has 1 amide bonds. The van der Waals surface area contributed by atoms with E-state index >= 15 is 0 Å². The molecule has 138 valence electrons. The Hall–Kier alpha value is -2.61. The molecule has 0 saturated heterocycles. The molecule has 0 aliphatic carbocycles. The van der Waals surface area contributed by atoms with E-state index in [0.29, 0.717) is 29.3 Å². The molecule has 2 atom stereocenters. The van der Waals surface area contributed by atoms with E-state index in [0.717, 1.165) is 11.3 Å². The monoisotopic (exact) mass is 375 g/mol. The SMILES string of the molecule is CNc1snc(C)c1C(=O)O[C@@H](C)C(=O)N[C@@H]1CCOc2ccccc21. The lowest BCUT2D eigenvalue weighted by Crippen LogP contribution is -2.39. The summed E-state index contributed by atoms with van der Waals surface area (Å²) in [6.45, 7) is 3.83. The molecule has 0 radical (unpaired) electrons. The van der Waals surface area contributed by atoms with Crippen molar-refractivity contribution in [1.29, 1.82) is 0 Å². The second kappa shape index (κ2) is 7.74. The van der Waals surface area contributed by atoms with E-state index in [9.17, 15) is 9.59 Å². The van der Waals surface area contributed by atoms with Gasteiger partial charge in [-0.3, -0.25) is 4.79 Å². The first-order valence-electron chi connectivity index (χ1n) is 8.38. The molecule has 7 nitrogen and oxygen atoms in total. The number of fused-ring (bicyclic) bond motifs is 1. The van der Waals surface area contributed by atoms with Gasteiger partial charge in [0.15, 0.2) is 6.10 Å². The average Bonchev–Trinajstić information content (AvgIpc) is 3.02. The molecule has 0 fully saturated rings. The van der Waals surface area contributed by atoms with Crippen molar-refractivity contribution >= 4 is 28.4 Å². The first-order valence-corrected chi connectivity index (χ1v) is 9.15. The van der Waals surface area contributed by atoms with Gasteiger partial charge in [0.25, 0.3) is 5.91 Å². The second-order valence-electron chi connectivity index (χ2n) is 6.01. The van der Waals surface area contributed by atoms with E-state index in [2.05, 4.69) is 15.0 Å². The zero-order chi connectivity index (χ0) is 18.7. The highest BCUT2D eigenvalue weighted by molar-refractivity contribution is 7.10. The fraction of sp³-hybridized carbons (Fsp3) is 0.389. The zero-order valence-corrected chi connectivity index (χ0v) is 15.7. The number of esters is 1. The molecule has 1 aromatic carbocycles. The van der Waals surface area contributed by atoms with Crippen LogP contribution in [0.2, 0.25) is 0 Å². The van der Waals surface area contributed by atoms with Crippen molar-refractivity contribution in [3.63, 3.8) is 0 Å². The summed E-state index contributed by atoms with van der Waals surface area (Å²) in [5.74, 6) is -0.130. The van der Waals surface area contributed by atoms with Gasteiger partial charge in [-0.15, -0.1) is 0 Å². The number of amides is 1. The number of hydrogen-bond acceptors (Lipinski definition) is 7. The number of aromatic nitrogens is 1. The summed E-state index contributed by atoms with van der Waals surface area (Å²) in [6, 6.07) is 7.44. The van der Waals surface area contributed by atoms with Crippen LogP contribution in [0.25, 0.3) is 0 Å². The van der Waals surface area contributed by atoms with E-state index in [4.69, 9.17) is 9.47 Å². The summed E-state index contributed by atoms with van der Waals surface area (Å²) in [5, 5.41) is 6.48. The Kier molecular flexibility index (Phi) is 5.41. The molecule has 3 rings (SSSR count). The summed E-state index contributed by atoms with van der Waals surface area (Å²) in [5.41, 5.74) is 1.88. The molecular weight excluding hydrogens is 354 g/mol. The minimum absolute atomic E-state index is 0.161. The van der Waals surface area contributed by atoms with Crippen molar-refractivity contribution in [2.24, 2.45) is 0 Å². The first kappa shape index (κ1) is 18.2. The van der Waals surface area contributed by atoms with Crippen LogP contribution in [0.4, 0.5) is 5.00 Å². The molecule has 2 heterocycles. The van der Waals surface area contributed by atoms with Gasteiger partial charge in [0.2, 0.25) is 0 Å². The van der Waals surface area contributed by atoms with Crippen LogP contribution in [0.1, 0.15) is 41.0 Å². The fourth-order valence-electron chi connectivity index (χ4n) is 2.83. The fourth-order valence-corrected chi connectivity index (χ4v) is 3.57. The molecule has 0 saturated carbocycles. The number of rotatable bonds is 5. The normalized spacial score (nSPS) is 16.8. The number of hydrogen-bond donors (Lipinski definition) is 2. The van der Waals surface area contributed by atoms with E-state index in [-0.39, 0.29) is 11.9 Å². The molecule has 1 aliphatic heterocycles. The maximum absolute atomic E-state index is 12.5. The molecule has 0 bridgehead atoms. The Morgan fingerprint density at radius 3 is 2.92 bits per heavy atom. The number of para-hydroxylation sites is 1. The average molecular weight is 375 g/mol. The van der Waals surface area contributed by atoms with Crippen molar-refractivity contribution in [1.82, 2.24) is 9.69 Å². The van der Waals surface area contributed by atoms with Crippen LogP contribution in [0.5, 0.6) is 5.75 Å². The lowest BCUT2D eigenvalue weighted by Gasteiger charge is -2.27. The zero-order valence-electron chi connectivity index (χ0n) is 14.9. The summed E-state index contributed by atoms with van der Waals surface area (Å²) >= 11 is 1.18. The van der Waals surface area contributed by atoms with Gasteiger partial charge in [0.05, 0.1) is 18.3 Å². The Balaban J connectivity index is 1.66. The molecule has 8 heteroatoms. The Morgan fingerprint density at radius 2 is 2.15 bits per heavy atom. The predicted molar refractivity (Wildman–Crippen MR) is 98.7 cm³/mol. The lowest BCUT2D eigenvalue weighted by atomic mass is 10.0. The van der Waals surface area contributed by atoms with Gasteiger partial charge in [-0.25, -0.2) is 4.79 Å². The van der Waals surface area contributed by atoms with Gasteiger partial charge in [-0.2, -0.15) is 4.37 Å². The highest BCUT2D eigenvalue weighted by Crippen LogP contribution is 2.31. The molecule has 26 heavy (non-hydrogen) atoms. The van der Waals surface area contributed by atoms with Crippen LogP contribution < -0.4 is 15.4 Å². The number of aryl methyl sites for hydroxylation is 1. The number of anilines is 1. The molecule has 2 aromatic rings. The topological polar surface area (TPSA) is 89.5 Å². The minimum atomic E-state index is -0.915. The highest BCUT2D eigenvalue weighted by Gasteiger charge is 2.28. The Bertz CT molecular complexity index is 821. The standard InChI is InChI=1S/C18H21N3O4S/c1-10-15(17(19-3)26-21-10)18(23)25-11(2)16(22)20-13-8-9-24-14-7-5-4-6-12(13)14/h4-7,11,13,19H,8-9H2,1-3H3,(H,20,22)/t11-,13+/m0/s1. The molecule has 2 N–H and O–H groups in total. The lowest BCUT2D eigenvalue weighted by molar-refractivity contribution is -0.130. The minimum Gasteiger partial charge on any atom is -0.493 e. The summed E-state index contributed by atoms with van der Waals surface area (Å²) in [7, 11) is 1.71. The Morgan fingerprint density at radius 1 is 1.38 bits per heavy atom. The van der Waals surface area contributed by atoms with Crippen LogP contribution in [0, 0.1) is 6.92 Å². The summed E-state index contributed by atoms with van der Waals surface area (Å²) in [6.07, 6.45) is -0.248. The summed E-state index contributed by atoms with van der Waals surface area (Å²) < 4.78 is 15.1. The van der Waals surface area contributed by atoms with Crippen molar-refractivity contribution in [2.45, 2.75) is 32.4 Å². The van der Waals surface area contributed by atoms with Crippen molar-refractivity contribution in [2.75, 3.05) is 19.0 Å². The number of carbonyl (C=O) groups excluding carboxylic acids is 2. The van der Waals surface area contributed by atoms with Gasteiger partial charge >= 0.3 is 5.97 Å². The number of nitrogens with zero attached hydrogens (tertiary/aromatic N) is 1. The van der Waals surface area contributed by atoms with E-state index < -0.39 is 12.1 Å². The van der Waals surface area contributed by atoms with E-state index in [1.54, 1.807) is 20.9 Å². The number of benzene rings is 1. The predicted octanol–water partition coefficient (Wildman–Crippen LogP) is 2.68. The van der Waals surface area contributed by atoms with Crippen molar-refractivity contribution in [3.8, 4) is 5.75 Å². The third kappa shape index (κ3) is 3.65. The molecule has 0 unspecified atom stereocenters. The van der Waals surface area contributed by atoms with Crippen LogP contribution in [0.15, 0.2) is 24.3 Å². The van der Waals surface area contributed by atoms with Crippen LogP contribution in [-0.4, -0.2) is 36.0 Å². The smallest absolute Gasteiger partial charge is 0.343 e. The third-order valence-corrected chi connectivity index (χ3v) is 5.18. The van der Waals surface area contributed by atoms with Gasteiger partial charge in [0.1, 0.15) is 16.3 Å². The van der Waals surface area contributed by atoms with Crippen LogP contribution in [0.3, 0.4) is 0 Å². The van der Waals surface area contributed by atoms with Crippen LogP contribution in [-0.2, 0) is 9.53 Å². The molecule has 0 spiro atoms. The Labute approximate surface area is 155 Å². The molecule has 1 aromatic heterocycles. The van der Waals surface area contributed by atoms with Gasteiger partial charge in [0, 0.05) is 19.0 Å².